The summed E-state index contributed by atoms with van der Waals surface area (Å²) in [5, 5.41) is 16.1. The molecule has 3 radical (unpaired) electrons. The molecular formula is C43H50BCl2N6O9S2. The van der Waals surface area contributed by atoms with E-state index in [1.807, 2.05) is 52.2 Å². The van der Waals surface area contributed by atoms with Crippen LogP contribution < -0.4 is 30.5 Å². The number of halogens is 2. The van der Waals surface area contributed by atoms with Gasteiger partial charge < -0.3 is 24.0 Å². The summed E-state index contributed by atoms with van der Waals surface area (Å²) < 4.78 is 50.3. The third-order valence-electron chi connectivity index (χ3n) is 10.3. The lowest BCUT2D eigenvalue weighted by Crippen LogP contribution is -2.36. The normalized spacial score (nSPS) is 13.5. The van der Waals surface area contributed by atoms with Crippen LogP contribution in [0.1, 0.15) is 44.2 Å². The maximum Gasteiger partial charge on any atom is 0.323 e. The lowest BCUT2D eigenvalue weighted by molar-refractivity contribution is -0.137. The molecular weight excluding hydrogens is 890 g/mol. The Morgan fingerprint density at radius 2 is 1.08 bits per heavy atom. The first kappa shape index (κ1) is 50.5. The van der Waals surface area contributed by atoms with Crippen LogP contribution in [0.4, 0.5) is 11.4 Å². The molecule has 1 amide bonds. The van der Waals surface area contributed by atoms with Crippen molar-refractivity contribution >= 4 is 119 Å². The molecule has 2 fully saturated rings. The number of carboxylic acids is 1. The van der Waals surface area contributed by atoms with Crippen LogP contribution >= 0.6 is 23.2 Å². The molecule has 2 heterocycles. The molecule has 63 heavy (non-hydrogen) atoms. The lowest BCUT2D eigenvalue weighted by atomic mass is 10.1. The quantitative estimate of drug-likeness (QED) is 0.117. The van der Waals surface area contributed by atoms with Crippen LogP contribution in [-0.2, 0) is 42.7 Å². The smallest absolute Gasteiger partial charge is 0.323 e. The Bertz CT molecular complexity index is 3130. The monoisotopic (exact) mass is 939 g/mol. The SMILES string of the molecule is C.Cc1ccc2c(=O)c3ccc(Cl)c(N(C)C)c3n(CC(=O)NS(=O)(=O)C3CC3)c2c1.Cc1ccc2c(=O)c3ccc(Cl)c(N(C)C)c3n(CC(=O)O)c2c1.NS(=O)(=O)C1CC1.[B]. The predicted molar refractivity (Wildman–Crippen MR) is 256 cm³/mol. The largest absolute Gasteiger partial charge is 0.480 e. The maximum atomic E-state index is 13.2. The standard InChI is InChI=1S/C21H22ClN3O4S.C18H17ClN2O3.C3H7NO2S.CH4.B/c1-12-4-7-14-17(10-12)25(11-18(26)23-30(28,29)13-5-6-13)19-15(21(14)27)8-9-16(22)20(19)24(2)3;1-10-4-5-11-14(8-10)21(9-15(22)23)16-12(18(11)24)6-7-13(19)17(16)20(2)3;4-7(5,6)3-1-2-3;;/h4,7-10,13H,5-6,11H2,1-3H3,(H,23,26);4-8H,9H2,1-3H3,(H,22,23);3H,1-2H2,(H2,4,5,6);1H4;. The zero-order valence-electron chi connectivity index (χ0n) is 34.9. The number of carbonyl (C=O) groups is 2. The Kier molecular flexibility index (Phi) is 15.5. The second kappa shape index (κ2) is 19.3. The number of benzene rings is 4. The van der Waals surface area contributed by atoms with Crippen molar-refractivity contribution < 1.29 is 31.5 Å². The summed E-state index contributed by atoms with van der Waals surface area (Å²) in [7, 11) is 0.426. The van der Waals surface area contributed by atoms with Gasteiger partial charge in [-0.15, -0.1) is 0 Å². The molecule has 0 bridgehead atoms. The van der Waals surface area contributed by atoms with Gasteiger partial charge in [0.25, 0.3) is 5.91 Å². The van der Waals surface area contributed by atoms with Gasteiger partial charge in [-0.05, 0) is 99.2 Å². The highest BCUT2D eigenvalue weighted by Crippen LogP contribution is 2.36. The molecule has 8 rings (SSSR count). The summed E-state index contributed by atoms with van der Waals surface area (Å²) in [4.78, 5) is 53.8. The summed E-state index contributed by atoms with van der Waals surface area (Å²) in [5.74, 6) is -1.63. The average Bonchev–Trinajstić information content (AvgIpc) is 4.07. The fourth-order valence-electron chi connectivity index (χ4n) is 7.18. The molecule has 2 aliphatic carbocycles. The van der Waals surface area contributed by atoms with Gasteiger partial charge in [-0.2, -0.15) is 0 Å². The number of aryl methyl sites for hydroxylation is 2. The number of amides is 1. The van der Waals surface area contributed by atoms with Gasteiger partial charge in [0.05, 0.1) is 54.0 Å². The minimum atomic E-state index is -3.68. The van der Waals surface area contributed by atoms with E-state index in [0.717, 1.165) is 24.0 Å². The maximum absolute atomic E-state index is 13.2. The molecule has 20 heteroatoms. The van der Waals surface area contributed by atoms with Crippen molar-refractivity contribution in [2.75, 3.05) is 38.0 Å². The van der Waals surface area contributed by atoms with Gasteiger partial charge in [0.2, 0.25) is 20.0 Å². The molecule has 0 aliphatic heterocycles. The molecule has 2 aromatic heterocycles. The van der Waals surface area contributed by atoms with E-state index in [4.69, 9.17) is 28.3 Å². The third kappa shape index (κ3) is 10.8. The Labute approximate surface area is 378 Å². The summed E-state index contributed by atoms with van der Waals surface area (Å²) in [5.41, 5.74) is 4.99. The number of nitrogens with zero attached hydrogens (tertiary/aromatic N) is 4. The number of nitrogens with two attached hydrogens (primary N) is 1. The van der Waals surface area contributed by atoms with Crippen LogP contribution in [0, 0.1) is 13.8 Å². The van der Waals surface area contributed by atoms with Crippen molar-refractivity contribution in [3.05, 3.63) is 102 Å². The fraction of sp³-hybridized carbons (Fsp3) is 0.349. The van der Waals surface area contributed by atoms with Crippen molar-refractivity contribution in [1.29, 1.82) is 0 Å². The first-order valence-electron chi connectivity index (χ1n) is 19.1. The van der Waals surface area contributed by atoms with Crippen LogP contribution in [0.3, 0.4) is 0 Å². The van der Waals surface area contributed by atoms with E-state index in [1.54, 1.807) is 69.4 Å². The minimum Gasteiger partial charge on any atom is -0.480 e. The van der Waals surface area contributed by atoms with Crippen LogP contribution in [0.25, 0.3) is 43.6 Å². The van der Waals surface area contributed by atoms with Gasteiger partial charge in [-0.3, -0.25) is 23.9 Å². The zero-order chi connectivity index (χ0) is 44.9. The van der Waals surface area contributed by atoms with E-state index < -0.39 is 37.2 Å². The molecule has 15 nitrogen and oxygen atoms in total. The highest BCUT2D eigenvalue weighted by atomic mass is 35.5. The number of carbonyl (C=O) groups excluding carboxylic acids is 1. The van der Waals surface area contributed by atoms with Crippen molar-refractivity contribution in [3.8, 4) is 0 Å². The summed E-state index contributed by atoms with van der Waals surface area (Å²) >= 11 is 12.8. The molecule has 2 aliphatic rings. The van der Waals surface area contributed by atoms with Gasteiger partial charge in [-0.25, -0.2) is 22.0 Å². The first-order chi connectivity index (χ1) is 28.5. The topological polar surface area (TPSA) is 211 Å². The van der Waals surface area contributed by atoms with Gasteiger partial charge in [0.15, 0.2) is 10.9 Å². The van der Waals surface area contributed by atoms with Crippen LogP contribution in [0.5, 0.6) is 0 Å². The van der Waals surface area contributed by atoms with E-state index in [0.29, 0.717) is 77.9 Å². The molecule has 4 N–H and O–H groups in total. The fourth-order valence-corrected chi connectivity index (χ4v) is 9.92. The minimum absolute atomic E-state index is 0. The number of carboxylic acid groups (broad SMARTS) is 1. The van der Waals surface area contributed by atoms with Crippen LogP contribution in [0.2, 0.25) is 10.0 Å². The number of fused-ring (bicyclic) bond motifs is 4. The number of nitrogens with one attached hydrogen (secondary N) is 1. The number of rotatable bonds is 9. The Balaban J connectivity index is 0.000000236. The van der Waals surface area contributed by atoms with E-state index in [2.05, 4.69) is 4.72 Å². The molecule has 2 saturated carbocycles. The molecule has 0 atom stereocenters. The van der Waals surface area contributed by atoms with E-state index >= 15 is 0 Å². The van der Waals surface area contributed by atoms with E-state index in [-0.39, 0.29) is 45.0 Å². The molecule has 4 aromatic carbocycles. The van der Waals surface area contributed by atoms with Gasteiger partial charge >= 0.3 is 5.97 Å². The number of hydrogen-bond acceptors (Lipinski definition) is 10. The summed E-state index contributed by atoms with van der Waals surface area (Å²) in [6, 6.07) is 17.4. The first-order valence-corrected chi connectivity index (χ1v) is 23.1. The number of aliphatic carboxylic acids is 1. The third-order valence-corrected chi connectivity index (χ3v) is 14.2. The molecule has 0 spiro atoms. The van der Waals surface area contributed by atoms with Crippen molar-refractivity contribution in [3.63, 3.8) is 0 Å². The number of aromatic nitrogens is 2. The number of sulfonamides is 2. The second-order valence-electron chi connectivity index (χ2n) is 15.7. The molecule has 0 unspecified atom stereocenters. The van der Waals surface area contributed by atoms with Gasteiger partial charge in [0, 0.05) is 58.1 Å². The highest BCUT2D eigenvalue weighted by molar-refractivity contribution is 7.91. The Hall–Kier alpha value is -5.14. The average molecular weight is 941 g/mol. The number of primary sulfonamides is 1. The molecule has 335 valence electrons. The Morgan fingerprint density at radius 3 is 1.41 bits per heavy atom. The zero-order valence-corrected chi connectivity index (χ0v) is 38.0. The Morgan fingerprint density at radius 1 is 0.698 bits per heavy atom. The van der Waals surface area contributed by atoms with Crippen LogP contribution in [0.15, 0.2) is 70.3 Å². The summed E-state index contributed by atoms with van der Waals surface area (Å²) in [6.07, 6.45) is 2.65. The van der Waals surface area contributed by atoms with E-state index in [9.17, 15) is 41.1 Å². The lowest BCUT2D eigenvalue weighted by Gasteiger charge is -2.22. The highest BCUT2D eigenvalue weighted by Gasteiger charge is 2.37. The van der Waals surface area contributed by atoms with Crippen molar-refractivity contribution in [1.82, 2.24) is 13.9 Å². The number of pyridine rings is 2. The molecule has 0 saturated heterocycles. The van der Waals surface area contributed by atoms with Gasteiger partial charge in [0.1, 0.15) is 13.1 Å². The van der Waals surface area contributed by atoms with Crippen LogP contribution in [-0.4, -0.2) is 90.1 Å². The molecule has 6 aromatic rings. The van der Waals surface area contributed by atoms with Crippen molar-refractivity contribution in [2.24, 2.45) is 5.14 Å². The number of anilines is 2. The second-order valence-corrected chi connectivity index (χ2v) is 20.3. The number of hydrogen-bond donors (Lipinski definition) is 3. The van der Waals surface area contributed by atoms with Crippen molar-refractivity contribution in [2.45, 2.75) is 70.5 Å². The van der Waals surface area contributed by atoms with E-state index in [1.165, 1.54) is 0 Å². The van der Waals surface area contributed by atoms with Gasteiger partial charge in [-0.1, -0.05) is 42.8 Å². The predicted octanol–water partition coefficient (Wildman–Crippen LogP) is 5.75. The summed E-state index contributed by atoms with van der Waals surface area (Å²) in [6.45, 7) is 3.28.